The summed E-state index contributed by atoms with van der Waals surface area (Å²) in [6.07, 6.45) is 1.54. The van der Waals surface area contributed by atoms with Gasteiger partial charge in [-0.05, 0) is 19.1 Å². The third kappa shape index (κ3) is 4.47. The number of oxime groups is 1. The minimum atomic E-state index is -0.645. The maximum absolute atomic E-state index is 14.3. The van der Waals surface area contributed by atoms with E-state index in [1.807, 2.05) is 6.92 Å². The number of hydrogen-bond donors (Lipinski definition) is 1. The van der Waals surface area contributed by atoms with Crippen molar-refractivity contribution in [1.29, 1.82) is 0 Å². The van der Waals surface area contributed by atoms with E-state index in [1.54, 1.807) is 35.9 Å². The fourth-order valence-corrected chi connectivity index (χ4v) is 3.50. The standard InChI is InChI=1S/C22H20F2N8O2/c1-12-7-17(31-34-12)19-8-18(30-32(19)11-14-5-3-4-6-15(14)23)22-25-9-16(24)21(27-22)26-10-20-29-28-13(2)33-20/h3-6,8-9,12H,7,10-11H2,1-2H3,(H,25,26,27). The number of nitrogens with one attached hydrogen (secondary N) is 1. The number of aryl methyl sites for hydroxylation is 1. The largest absolute Gasteiger partial charge is 0.424 e. The molecule has 1 aromatic carbocycles. The van der Waals surface area contributed by atoms with E-state index in [-0.39, 0.29) is 36.7 Å². The first-order chi connectivity index (χ1) is 16.5. The number of nitrogens with zero attached hydrogens (tertiary/aromatic N) is 7. The van der Waals surface area contributed by atoms with Crippen LogP contribution in [0.3, 0.4) is 0 Å². The Balaban J connectivity index is 1.47. The molecular weight excluding hydrogens is 446 g/mol. The summed E-state index contributed by atoms with van der Waals surface area (Å²) in [4.78, 5) is 13.7. The van der Waals surface area contributed by atoms with Crippen LogP contribution in [0.2, 0.25) is 0 Å². The van der Waals surface area contributed by atoms with E-state index < -0.39 is 5.82 Å². The van der Waals surface area contributed by atoms with Gasteiger partial charge in [-0.25, -0.2) is 18.7 Å². The lowest BCUT2D eigenvalue weighted by atomic mass is 10.1. The highest BCUT2D eigenvalue weighted by Crippen LogP contribution is 2.24. The highest BCUT2D eigenvalue weighted by molar-refractivity contribution is 6.00. The van der Waals surface area contributed by atoms with Crippen molar-refractivity contribution in [2.45, 2.75) is 39.5 Å². The number of aromatic nitrogens is 6. The Hall–Kier alpha value is -4.22. The quantitative estimate of drug-likeness (QED) is 0.440. The van der Waals surface area contributed by atoms with Crippen molar-refractivity contribution in [1.82, 2.24) is 29.9 Å². The van der Waals surface area contributed by atoms with E-state index in [2.05, 4.69) is 35.7 Å². The lowest BCUT2D eigenvalue weighted by Crippen LogP contribution is -2.13. The van der Waals surface area contributed by atoms with Crippen molar-refractivity contribution in [3.63, 3.8) is 0 Å². The normalized spacial score (nSPS) is 15.3. The second kappa shape index (κ2) is 8.96. The highest BCUT2D eigenvalue weighted by Gasteiger charge is 2.24. The van der Waals surface area contributed by atoms with Gasteiger partial charge in [0, 0.05) is 18.9 Å². The van der Waals surface area contributed by atoms with Crippen LogP contribution in [0.5, 0.6) is 0 Å². The summed E-state index contributed by atoms with van der Waals surface area (Å²) < 4.78 is 35.6. The summed E-state index contributed by atoms with van der Waals surface area (Å²) in [5.41, 5.74) is 2.16. The van der Waals surface area contributed by atoms with Crippen molar-refractivity contribution >= 4 is 11.5 Å². The monoisotopic (exact) mass is 466 g/mol. The van der Waals surface area contributed by atoms with Crippen LogP contribution in [0.4, 0.5) is 14.6 Å². The van der Waals surface area contributed by atoms with E-state index in [9.17, 15) is 8.78 Å². The Labute approximate surface area is 192 Å². The Bertz CT molecular complexity index is 1370. The van der Waals surface area contributed by atoms with Crippen molar-refractivity contribution in [2.24, 2.45) is 5.16 Å². The van der Waals surface area contributed by atoms with E-state index >= 15 is 0 Å². The summed E-state index contributed by atoms with van der Waals surface area (Å²) in [6.45, 7) is 3.82. The molecule has 0 spiro atoms. The maximum Gasteiger partial charge on any atom is 0.235 e. The van der Waals surface area contributed by atoms with Crippen molar-refractivity contribution in [3.05, 3.63) is 71.2 Å². The summed E-state index contributed by atoms with van der Waals surface area (Å²) in [7, 11) is 0. The van der Waals surface area contributed by atoms with Crippen LogP contribution in [0, 0.1) is 18.6 Å². The van der Waals surface area contributed by atoms with Crippen molar-refractivity contribution < 1.29 is 18.0 Å². The Morgan fingerprint density at radius 2 is 2.03 bits per heavy atom. The highest BCUT2D eigenvalue weighted by atomic mass is 19.1. The predicted molar refractivity (Wildman–Crippen MR) is 117 cm³/mol. The zero-order chi connectivity index (χ0) is 23.7. The minimum Gasteiger partial charge on any atom is -0.424 e. The molecule has 1 unspecified atom stereocenters. The SMILES string of the molecule is Cc1nnc(CNc2nc(-c3cc(C4=NOC(C)C4)n(Cc4ccccc4F)n3)ncc2F)o1. The van der Waals surface area contributed by atoms with Crippen LogP contribution in [-0.4, -0.2) is 41.8 Å². The third-order valence-corrected chi connectivity index (χ3v) is 5.13. The van der Waals surface area contributed by atoms with Gasteiger partial charge in [0.25, 0.3) is 0 Å². The molecule has 1 aliphatic heterocycles. The third-order valence-electron chi connectivity index (χ3n) is 5.13. The minimum absolute atomic E-state index is 0.0405. The molecular formula is C22H20F2N8O2. The van der Waals surface area contributed by atoms with Gasteiger partial charge >= 0.3 is 0 Å². The smallest absolute Gasteiger partial charge is 0.235 e. The molecule has 0 saturated carbocycles. The molecule has 34 heavy (non-hydrogen) atoms. The maximum atomic E-state index is 14.3. The van der Waals surface area contributed by atoms with Crippen molar-refractivity contribution in [3.8, 4) is 11.5 Å². The van der Waals surface area contributed by atoms with Crippen molar-refractivity contribution in [2.75, 3.05) is 5.32 Å². The molecule has 1 aliphatic rings. The number of benzene rings is 1. The Kier molecular flexibility index (Phi) is 5.70. The molecule has 0 fully saturated rings. The van der Waals surface area contributed by atoms with E-state index in [0.29, 0.717) is 40.9 Å². The lowest BCUT2D eigenvalue weighted by Gasteiger charge is -2.08. The van der Waals surface area contributed by atoms with E-state index in [4.69, 9.17) is 9.25 Å². The van der Waals surface area contributed by atoms with Gasteiger partial charge in [0.1, 0.15) is 23.3 Å². The van der Waals surface area contributed by atoms with Crippen LogP contribution in [-0.2, 0) is 17.9 Å². The van der Waals surface area contributed by atoms with Crippen LogP contribution in [0.1, 0.15) is 36.4 Å². The predicted octanol–water partition coefficient (Wildman–Crippen LogP) is 3.48. The zero-order valence-corrected chi connectivity index (χ0v) is 18.4. The van der Waals surface area contributed by atoms with Gasteiger partial charge in [-0.15, -0.1) is 10.2 Å². The van der Waals surface area contributed by atoms with Crippen LogP contribution >= 0.6 is 0 Å². The number of anilines is 1. The van der Waals surface area contributed by atoms with Gasteiger partial charge in [-0.2, -0.15) is 5.10 Å². The molecule has 0 saturated heterocycles. The van der Waals surface area contributed by atoms with Gasteiger partial charge in [0.05, 0.1) is 25.0 Å². The first kappa shape index (κ1) is 21.6. The molecule has 4 heterocycles. The molecule has 1 N–H and O–H groups in total. The molecule has 10 nitrogen and oxygen atoms in total. The average molecular weight is 466 g/mol. The number of halogens is 2. The molecule has 4 aromatic rings. The van der Waals surface area contributed by atoms with Crippen LogP contribution in [0.25, 0.3) is 11.5 Å². The molecule has 5 rings (SSSR count). The lowest BCUT2D eigenvalue weighted by molar-refractivity contribution is 0.0995. The molecule has 174 valence electrons. The number of hydrogen-bond acceptors (Lipinski definition) is 9. The fraction of sp³-hybridized carbons (Fsp3) is 0.273. The zero-order valence-electron chi connectivity index (χ0n) is 18.4. The number of rotatable bonds is 7. The van der Waals surface area contributed by atoms with Crippen LogP contribution in [0.15, 0.2) is 46.1 Å². The van der Waals surface area contributed by atoms with Gasteiger partial charge < -0.3 is 14.6 Å². The van der Waals surface area contributed by atoms with E-state index in [0.717, 1.165) is 6.20 Å². The molecule has 12 heteroatoms. The fourth-order valence-electron chi connectivity index (χ4n) is 3.50. The second-order valence-electron chi connectivity index (χ2n) is 7.78. The Morgan fingerprint density at radius 1 is 1.18 bits per heavy atom. The molecule has 3 aromatic heterocycles. The summed E-state index contributed by atoms with van der Waals surface area (Å²) in [5, 5.41) is 19.2. The van der Waals surface area contributed by atoms with Crippen LogP contribution < -0.4 is 5.32 Å². The van der Waals surface area contributed by atoms with E-state index in [1.165, 1.54) is 6.07 Å². The first-order valence-corrected chi connectivity index (χ1v) is 10.6. The Morgan fingerprint density at radius 3 is 2.76 bits per heavy atom. The van der Waals surface area contributed by atoms with Gasteiger partial charge in [0.2, 0.25) is 11.8 Å². The first-order valence-electron chi connectivity index (χ1n) is 10.6. The average Bonchev–Trinajstić information content (AvgIpc) is 3.55. The van der Waals surface area contributed by atoms with Gasteiger partial charge in [-0.1, -0.05) is 23.4 Å². The topological polar surface area (TPSA) is 116 Å². The summed E-state index contributed by atoms with van der Waals surface area (Å²) in [5.74, 6) is -0.144. The van der Waals surface area contributed by atoms with Gasteiger partial charge in [0.15, 0.2) is 17.5 Å². The summed E-state index contributed by atoms with van der Waals surface area (Å²) >= 11 is 0. The second-order valence-corrected chi connectivity index (χ2v) is 7.78. The molecule has 1 atom stereocenters. The summed E-state index contributed by atoms with van der Waals surface area (Å²) in [6, 6.07) is 8.20. The molecule has 0 radical (unpaired) electrons. The molecule has 0 bridgehead atoms. The molecule has 0 aliphatic carbocycles. The van der Waals surface area contributed by atoms with Gasteiger partial charge in [-0.3, -0.25) is 4.68 Å². The molecule has 0 amide bonds.